The lowest BCUT2D eigenvalue weighted by Gasteiger charge is -2.11. The minimum Gasteiger partial charge on any atom is -0.452 e. The number of aromatic nitrogens is 2. The molecule has 9 heteroatoms. The molecule has 0 aliphatic heterocycles. The summed E-state index contributed by atoms with van der Waals surface area (Å²) in [5.41, 5.74) is 0.583. The third-order valence-electron chi connectivity index (χ3n) is 3.14. The summed E-state index contributed by atoms with van der Waals surface area (Å²) in [5.74, 6) is -1.09. The summed E-state index contributed by atoms with van der Waals surface area (Å²) in [5, 5.41) is 17.3. The molecule has 0 saturated heterocycles. The molecule has 1 amide bonds. The molecule has 2 aromatic heterocycles. The van der Waals surface area contributed by atoms with E-state index < -0.39 is 10.7 Å². The Morgan fingerprint density at radius 2 is 2.12 bits per heavy atom. The van der Waals surface area contributed by atoms with Crippen molar-refractivity contribution in [2.75, 3.05) is 5.32 Å². The van der Waals surface area contributed by atoms with Crippen LogP contribution in [0.1, 0.15) is 6.92 Å². The van der Waals surface area contributed by atoms with E-state index in [-0.39, 0.29) is 23.1 Å². The third kappa shape index (κ3) is 3.00. The van der Waals surface area contributed by atoms with Gasteiger partial charge in [-0.05, 0) is 12.1 Å². The highest BCUT2D eigenvalue weighted by Crippen LogP contribution is 2.32. The normalized spacial score (nSPS) is 10.6. The van der Waals surface area contributed by atoms with E-state index in [2.05, 4.69) is 10.4 Å². The fourth-order valence-electron chi connectivity index (χ4n) is 2.15. The second-order valence-corrected chi connectivity index (χ2v) is 4.91. The first-order chi connectivity index (χ1) is 11.4. The number of halogens is 1. The third-order valence-corrected chi connectivity index (χ3v) is 3.14. The second kappa shape index (κ2) is 5.95. The van der Waals surface area contributed by atoms with Gasteiger partial charge < -0.3 is 10.1 Å². The van der Waals surface area contributed by atoms with E-state index in [4.69, 9.17) is 4.74 Å². The maximum absolute atomic E-state index is 14.0. The van der Waals surface area contributed by atoms with Crippen molar-refractivity contribution in [3.8, 4) is 11.5 Å². The van der Waals surface area contributed by atoms with Gasteiger partial charge in [-0.15, -0.1) is 0 Å². The SMILES string of the molecule is CC(=O)Nc1cc(Oc2ccc([N+](=O)[O-])cc2F)c2ccnn2c1. The molecule has 0 aliphatic carbocycles. The molecule has 0 radical (unpaired) electrons. The van der Waals surface area contributed by atoms with Crippen LogP contribution in [0.5, 0.6) is 11.5 Å². The van der Waals surface area contributed by atoms with E-state index in [1.54, 1.807) is 12.3 Å². The Hall–Kier alpha value is -3.49. The quantitative estimate of drug-likeness (QED) is 0.585. The van der Waals surface area contributed by atoms with Gasteiger partial charge in [-0.3, -0.25) is 14.9 Å². The number of benzene rings is 1. The predicted octanol–water partition coefficient (Wildman–Crippen LogP) is 3.13. The van der Waals surface area contributed by atoms with Crippen LogP contribution in [0.3, 0.4) is 0 Å². The molecule has 0 unspecified atom stereocenters. The lowest BCUT2D eigenvalue weighted by molar-refractivity contribution is -0.385. The summed E-state index contributed by atoms with van der Waals surface area (Å²) < 4.78 is 21.0. The van der Waals surface area contributed by atoms with Crippen LogP contribution in [0.4, 0.5) is 15.8 Å². The van der Waals surface area contributed by atoms with Gasteiger partial charge in [0.2, 0.25) is 5.91 Å². The Labute approximate surface area is 134 Å². The Morgan fingerprint density at radius 1 is 1.33 bits per heavy atom. The monoisotopic (exact) mass is 330 g/mol. The predicted molar refractivity (Wildman–Crippen MR) is 82.6 cm³/mol. The van der Waals surface area contributed by atoms with E-state index in [0.717, 1.165) is 12.1 Å². The number of carbonyl (C=O) groups is 1. The van der Waals surface area contributed by atoms with E-state index in [1.165, 1.54) is 29.8 Å². The zero-order valence-electron chi connectivity index (χ0n) is 12.4. The Balaban J connectivity index is 2.01. The van der Waals surface area contributed by atoms with Gasteiger partial charge in [-0.2, -0.15) is 5.10 Å². The maximum Gasteiger partial charge on any atom is 0.272 e. The molecule has 0 saturated carbocycles. The van der Waals surface area contributed by atoms with Gasteiger partial charge in [0.15, 0.2) is 17.3 Å². The van der Waals surface area contributed by atoms with E-state index >= 15 is 0 Å². The highest BCUT2D eigenvalue weighted by Gasteiger charge is 2.14. The lowest BCUT2D eigenvalue weighted by Crippen LogP contribution is -2.07. The summed E-state index contributed by atoms with van der Waals surface area (Å²) in [7, 11) is 0. The highest BCUT2D eigenvalue weighted by atomic mass is 19.1. The first-order valence-corrected chi connectivity index (χ1v) is 6.81. The summed E-state index contributed by atoms with van der Waals surface area (Å²) in [6.45, 7) is 1.35. The van der Waals surface area contributed by atoms with Crippen LogP contribution in [0.25, 0.3) is 5.52 Å². The van der Waals surface area contributed by atoms with Crippen LogP contribution in [0.15, 0.2) is 42.7 Å². The molecule has 0 spiro atoms. The highest BCUT2D eigenvalue weighted by molar-refractivity contribution is 5.89. The number of rotatable bonds is 4. The Morgan fingerprint density at radius 3 is 2.79 bits per heavy atom. The number of hydrogen-bond acceptors (Lipinski definition) is 5. The molecular formula is C15H11FN4O4. The first-order valence-electron chi connectivity index (χ1n) is 6.81. The number of pyridine rings is 1. The molecule has 0 atom stereocenters. The first kappa shape index (κ1) is 15.4. The lowest BCUT2D eigenvalue weighted by atomic mass is 10.3. The van der Waals surface area contributed by atoms with E-state index in [1.807, 2.05) is 0 Å². The van der Waals surface area contributed by atoms with Crippen LogP contribution in [-0.4, -0.2) is 20.4 Å². The topological polar surface area (TPSA) is 98.8 Å². The van der Waals surface area contributed by atoms with E-state index in [0.29, 0.717) is 11.2 Å². The fraction of sp³-hybridized carbons (Fsp3) is 0.0667. The summed E-state index contributed by atoms with van der Waals surface area (Å²) in [6, 6.07) is 6.26. The Bertz CT molecular complexity index is 954. The maximum atomic E-state index is 14.0. The number of carbonyl (C=O) groups excluding carboxylic acids is 1. The minimum absolute atomic E-state index is 0.177. The van der Waals surface area contributed by atoms with Gasteiger partial charge in [0.25, 0.3) is 5.69 Å². The van der Waals surface area contributed by atoms with Crippen molar-refractivity contribution in [1.82, 2.24) is 9.61 Å². The standard InChI is InChI=1S/C15H11FN4O4/c1-9(21)18-10-6-15(13-4-5-17-19(13)8-10)24-14-3-2-11(20(22)23)7-12(14)16/h2-8H,1H3,(H,18,21). The number of ether oxygens (including phenoxy) is 1. The summed E-state index contributed by atoms with van der Waals surface area (Å²) in [6.07, 6.45) is 3.10. The number of nitrogens with zero attached hydrogens (tertiary/aromatic N) is 3. The van der Waals surface area contributed by atoms with Gasteiger partial charge in [0, 0.05) is 19.1 Å². The molecule has 0 bridgehead atoms. The zero-order valence-corrected chi connectivity index (χ0v) is 12.4. The molecule has 2 heterocycles. The summed E-state index contributed by atoms with van der Waals surface area (Å²) in [4.78, 5) is 21.2. The molecule has 3 aromatic rings. The number of fused-ring (bicyclic) bond motifs is 1. The van der Waals surface area contributed by atoms with Gasteiger partial charge in [-0.1, -0.05) is 0 Å². The van der Waals surface area contributed by atoms with Crippen molar-refractivity contribution in [2.24, 2.45) is 0 Å². The van der Waals surface area contributed by atoms with Crippen molar-refractivity contribution in [2.45, 2.75) is 6.92 Å². The molecule has 8 nitrogen and oxygen atoms in total. The van der Waals surface area contributed by atoms with E-state index in [9.17, 15) is 19.3 Å². The summed E-state index contributed by atoms with van der Waals surface area (Å²) >= 11 is 0. The molecule has 122 valence electrons. The fourth-order valence-corrected chi connectivity index (χ4v) is 2.15. The number of hydrogen-bond donors (Lipinski definition) is 1. The van der Waals surface area contributed by atoms with Crippen molar-refractivity contribution in [1.29, 1.82) is 0 Å². The average Bonchev–Trinajstić information content (AvgIpc) is 2.97. The molecule has 0 fully saturated rings. The largest absolute Gasteiger partial charge is 0.452 e. The second-order valence-electron chi connectivity index (χ2n) is 4.91. The van der Waals surface area contributed by atoms with Gasteiger partial charge in [0.1, 0.15) is 5.52 Å². The molecule has 3 rings (SSSR count). The van der Waals surface area contributed by atoms with Crippen LogP contribution in [-0.2, 0) is 4.79 Å². The minimum atomic E-state index is -0.869. The van der Waals surface area contributed by atoms with Gasteiger partial charge in [-0.25, -0.2) is 8.91 Å². The molecule has 1 N–H and O–H groups in total. The number of non-ortho nitro benzene ring substituents is 1. The Kier molecular flexibility index (Phi) is 3.82. The molecule has 24 heavy (non-hydrogen) atoms. The zero-order chi connectivity index (χ0) is 17.3. The van der Waals surface area contributed by atoms with Crippen LogP contribution in [0, 0.1) is 15.9 Å². The van der Waals surface area contributed by atoms with Crippen LogP contribution in [0.2, 0.25) is 0 Å². The van der Waals surface area contributed by atoms with Crippen molar-refractivity contribution in [3.05, 3.63) is 58.7 Å². The number of nitrogens with one attached hydrogen (secondary N) is 1. The number of amides is 1. The van der Waals surface area contributed by atoms with Crippen molar-refractivity contribution in [3.63, 3.8) is 0 Å². The van der Waals surface area contributed by atoms with Crippen LogP contribution < -0.4 is 10.1 Å². The number of nitro benzene ring substituents is 1. The van der Waals surface area contributed by atoms with Gasteiger partial charge >= 0.3 is 0 Å². The van der Waals surface area contributed by atoms with Crippen LogP contribution >= 0.6 is 0 Å². The van der Waals surface area contributed by atoms with Crippen molar-refractivity contribution < 1.29 is 18.8 Å². The average molecular weight is 330 g/mol. The number of anilines is 1. The molecular weight excluding hydrogens is 319 g/mol. The number of nitro groups is 1. The smallest absolute Gasteiger partial charge is 0.272 e. The molecule has 0 aliphatic rings. The van der Waals surface area contributed by atoms with Gasteiger partial charge in [0.05, 0.1) is 29.1 Å². The molecule has 1 aromatic carbocycles. The van der Waals surface area contributed by atoms with Crippen molar-refractivity contribution >= 4 is 22.8 Å².